The molecule has 0 radical (unpaired) electrons. The molecule has 0 rings (SSSR count). The van der Waals surface area contributed by atoms with Gasteiger partial charge in [-0.2, -0.15) is 0 Å². The van der Waals surface area contributed by atoms with Gasteiger partial charge in [-0.05, 0) is 12.8 Å². The fraction of sp³-hybridized carbons (Fsp3) is 0.778. The Morgan fingerprint density at radius 3 is 2.23 bits per heavy atom. The van der Waals surface area contributed by atoms with E-state index in [-0.39, 0.29) is 18.2 Å². The van der Waals surface area contributed by atoms with E-state index in [0.717, 1.165) is 0 Å². The van der Waals surface area contributed by atoms with Crippen molar-refractivity contribution in [3.05, 3.63) is 0 Å². The molecule has 0 bridgehead atoms. The van der Waals surface area contributed by atoms with Crippen LogP contribution in [0.2, 0.25) is 0 Å². The van der Waals surface area contributed by atoms with Crippen molar-refractivity contribution in [1.82, 2.24) is 0 Å². The van der Waals surface area contributed by atoms with Crippen LogP contribution in [0.15, 0.2) is 0 Å². The van der Waals surface area contributed by atoms with Gasteiger partial charge in [-0.25, -0.2) is 0 Å². The van der Waals surface area contributed by atoms with Crippen LogP contribution < -0.4 is 5.73 Å². The molecule has 0 spiro atoms. The Morgan fingerprint density at radius 1 is 1.38 bits per heavy atom. The molecule has 76 valence electrons. The fourth-order valence-electron chi connectivity index (χ4n) is 1.13. The van der Waals surface area contributed by atoms with E-state index in [4.69, 9.17) is 10.5 Å². The van der Waals surface area contributed by atoms with Crippen molar-refractivity contribution in [2.24, 2.45) is 17.6 Å². The first-order chi connectivity index (χ1) is 6.04. The third-order valence-corrected chi connectivity index (χ3v) is 1.76. The zero-order valence-corrected chi connectivity index (χ0v) is 8.37. The second kappa shape index (κ2) is 5.70. The van der Waals surface area contributed by atoms with Crippen LogP contribution in [0.3, 0.4) is 0 Å². The molecule has 1 atom stereocenters. The fourth-order valence-corrected chi connectivity index (χ4v) is 1.13. The Balaban J connectivity index is 4.41. The van der Waals surface area contributed by atoms with Crippen LogP contribution in [0.4, 0.5) is 0 Å². The van der Waals surface area contributed by atoms with Crippen LogP contribution in [0.25, 0.3) is 0 Å². The number of rotatable bonds is 5. The molecule has 0 aromatic rings. The minimum atomic E-state index is -0.704. The number of ether oxygens (including phenoxy) is 1. The third-order valence-electron chi connectivity index (χ3n) is 1.76. The number of ketones is 1. The minimum absolute atomic E-state index is 0.0601. The highest BCUT2D eigenvalue weighted by Gasteiger charge is 2.29. The zero-order chi connectivity index (χ0) is 10.4. The average molecular weight is 187 g/mol. The average Bonchev–Trinajstić information content (AvgIpc) is 2.04. The van der Waals surface area contributed by atoms with Crippen LogP contribution in [-0.4, -0.2) is 24.9 Å². The lowest BCUT2D eigenvalue weighted by atomic mass is 9.91. The predicted octanol–water partition coefficient (Wildman–Crippen LogP) is 0.349. The Bertz CT molecular complexity index is 189. The van der Waals surface area contributed by atoms with Gasteiger partial charge in [-0.1, -0.05) is 13.8 Å². The largest absolute Gasteiger partial charge is 0.465 e. The SMILES string of the molecule is CCOC(=O)C(C(=O)CN)C(C)C. The molecule has 0 aliphatic heterocycles. The molecule has 0 heterocycles. The highest BCUT2D eigenvalue weighted by atomic mass is 16.5. The van der Waals surface area contributed by atoms with Crippen molar-refractivity contribution in [2.75, 3.05) is 13.2 Å². The maximum atomic E-state index is 11.3. The monoisotopic (exact) mass is 187 g/mol. The van der Waals surface area contributed by atoms with E-state index in [1.807, 2.05) is 0 Å². The minimum Gasteiger partial charge on any atom is -0.465 e. The molecule has 0 aromatic carbocycles. The quantitative estimate of drug-likeness (QED) is 0.498. The summed E-state index contributed by atoms with van der Waals surface area (Å²) in [5.41, 5.74) is 5.19. The molecule has 1 unspecified atom stereocenters. The lowest BCUT2D eigenvalue weighted by Crippen LogP contribution is -2.34. The van der Waals surface area contributed by atoms with Crippen molar-refractivity contribution in [3.63, 3.8) is 0 Å². The molecular formula is C9H17NO3. The van der Waals surface area contributed by atoms with E-state index < -0.39 is 11.9 Å². The molecular weight excluding hydrogens is 170 g/mol. The van der Waals surface area contributed by atoms with Crippen molar-refractivity contribution in [1.29, 1.82) is 0 Å². The summed E-state index contributed by atoms with van der Waals surface area (Å²) in [4.78, 5) is 22.5. The van der Waals surface area contributed by atoms with Gasteiger partial charge in [0.05, 0.1) is 13.2 Å². The number of esters is 1. The number of hydrogen-bond donors (Lipinski definition) is 1. The zero-order valence-electron chi connectivity index (χ0n) is 8.37. The molecule has 0 aliphatic carbocycles. The van der Waals surface area contributed by atoms with E-state index in [1.54, 1.807) is 20.8 Å². The van der Waals surface area contributed by atoms with E-state index >= 15 is 0 Å². The highest BCUT2D eigenvalue weighted by molar-refractivity contribution is 6.00. The molecule has 2 N–H and O–H groups in total. The van der Waals surface area contributed by atoms with Gasteiger partial charge in [0.2, 0.25) is 0 Å². The standard InChI is InChI=1S/C9H17NO3/c1-4-13-9(12)8(6(2)3)7(11)5-10/h6,8H,4-5,10H2,1-3H3. The van der Waals surface area contributed by atoms with Gasteiger partial charge in [0.1, 0.15) is 5.92 Å². The van der Waals surface area contributed by atoms with Gasteiger partial charge in [-0.15, -0.1) is 0 Å². The lowest BCUT2D eigenvalue weighted by molar-refractivity contribution is -0.153. The molecule has 0 aromatic heterocycles. The number of nitrogens with two attached hydrogens (primary N) is 1. The summed E-state index contributed by atoms with van der Waals surface area (Å²) < 4.78 is 4.77. The van der Waals surface area contributed by atoms with E-state index in [9.17, 15) is 9.59 Å². The first-order valence-corrected chi connectivity index (χ1v) is 4.44. The summed E-state index contributed by atoms with van der Waals surface area (Å²) in [6, 6.07) is 0. The van der Waals surface area contributed by atoms with Crippen molar-refractivity contribution >= 4 is 11.8 Å². The van der Waals surface area contributed by atoms with Crippen molar-refractivity contribution in [2.45, 2.75) is 20.8 Å². The van der Waals surface area contributed by atoms with Gasteiger partial charge >= 0.3 is 5.97 Å². The van der Waals surface area contributed by atoms with Crippen LogP contribution in [0, 0.1) is 11.8 Å². The normalized spacial score (nSPS) is 12.7. The Morgan fingerprint density at radius 2 is 1.92 bits per heavy atom. The Kier molecular flexibility index (Phi) is 5.30. The van der Waals surface area contributed by atoms with Crippen LogP contribution in [-0.2, 0) is 14.3 Å². The lowest BCUT2D eigenvalue weighted by Gasteiger charge is -2.16. The molecule has 0 aliphatic rings. The maximum Gasteiger partial charge on any atom is 0.316 e. The summed E-state index contributed by atoms with van der Waals surface area (Å²) >= 11 is 0. The molecule has 4 nitrogen and oxygen atoms in total. The number of hydrogen-bond acceptors (Lipinski definition) is 4. The maximum absolute atomic E-state index is 11.3. The summed E-state index contributed by atoms with van der Waals surface area (Å²) in [6.45, 7) is 5.49. The van der Waals surface area contributed by atoms with Crippen LogP contribution in [0.5, 0.6) is 0 Å². The number of Topliss-reactive ketones (excluding diaryl/α,β-unsaturated/α-hetero) is 1. The molecule has 0 saturated carbocycles. The summed E-state index contributed by atoms with van der Waals surface area (Å²) in [7, 11) is 0. The van der Waals surface area contributed by atoms with Gasteiger partial charge in [0, 0.05) is 0 Å². The first kappa shape index (κ1) is 12.1. The number of carbonyl (C=O) groups excluding carboxylic acids is 2. The topological polar surface area (TPSA) is 69.4 Å². The molecule has 0 fully saturated rings. The summed E-state index contributed by atoms with van der Waals surface area (Å²) in [5.74, 6) is -1.48. The Hall–Kier alpha value is -0.900. The second-order valence-electron chi connectivity index (χ2n) is 3.14. The van der Waals surface area contributed by atoms with E-state index in [1.165, 1.54) is 0 Å². The molecule has 13 heavy (non-hydrogen) atoms. The van der Waals surface area contributed by atoms with Crippen LogP contribution >= 0.6 is 0 Å². The van der Waals surface area contributed by atoms with Gasteiger partial charge in [0.25, 0.3) is 0 Å². The van der Waals surface area contributed by atoms with E-state index in [0.29, 0.717) is 6.61 Å². The van der Waals surface area contributed by atoms with Crippen LogP contribution in [0.1, 0.15) is 20.8 Å². The van der Waals surface area contributed by atoms with Gasteiger partial charge < -0.3 is 10.5 Å². The summed E-state index contributed by atoms with van der Waals surface area (Å²) in [5, 5.41) is 0. The van der Waals surface area contributed by atoms with Gasteiger partial charge in [0.15, 0.2) is 5.78 Å². The second-order valence-corrected chi connectivity index (χ2v) is 3.14. The first-order valence-electron chi connectivity index (χ1n) is 4.44. The highest BCUT2D eigenvalue weighted by Crippen LogP contribution is 2.13. The third kappa shape index (κ3) is 3.55. The molecule has 0 amide bonds. The number of carbonyl (C=O) groups is 2. The van der Waals surface area contributed by atoms with E-state index in [2.05, 4.69) is 0 Å². The summed E-state index contributed by atoms with van der Waals surface area (Å²) in [6.07, 6.45) is 0. The smallest absolute Gasteiger partial charge is 0.316 e. The van der Waals surface area contributed by atoms with Crippen molar-refractivity contribution in [3.8, 4) is 0 Å². The molecule has 4 heteroatoms. The molecule has 0 saturated heterocycles. The van der Waals surface area contributed by atoms with Gasteiger partial charge in [-0.3, -0.25) is 9.59 Å². The van der Waals surface area contributed by atoms with Crippen molar-refractivity contribution < 1.29 is 14.3 Å². The predicted molar refractivity (Wildman–Crippen MR) is 49.0 cm³/mol. The Labute approximate surface area is 78.4 Å².